The quantitative estimate of drug-likeness (QED) is 0.338. The van der Waals surface area contributed by atoms with Crippen LogP contribution in [0.3, 0.4) is 0 Å². The number of carbonyl (C=O) groups excluding carboxylic acids is 2. The molecule has 6 nitrogen and oxygen atoms in total. The van der Waals surface area contributed by atoms with Crippen LogP contribution >= 0.6 is 0 Å². The van der Waals surface area contributed by atoms with Gasteiger partial charge in [0.1, 0.15) is 17.3 Å². The summed E-state index contributed by atoms with van der Waals surface area (Å²) in [5.41, 5.74) is 3.70. The average molecular weight is 443 g/mol. The molecule has 2 N–H and O–H groups in total. The van der Waals surface area contributed by atoms with Gasteiger partial charge in [0.05, 0.1) is 24.4 Å². The molecular formula is C27H25NO5. The van der Waals surface area contributed by atoms with E-state index < -0.39 is 17.7 Å². The standard InChI is InChI=1S/C27H25NO5/c1-15-8-7-9-18(12-15)24-23(25(30)19-13-17(3)22(33-4)14-16(19)2)26(31)27(32)28(24)20-10-5-6-11-21(20)29/h5-14,24,29-30H,1-4H3/b25-23+. The van der Waals surface area contributed by atoms with Crippen molar-refractivity contribution in [2.75, 3.05) is 12.0 Å². The van der Waals surface area contributed by atoms with Crippen LogP contribution in [0.25, 0.3) is 5.76 Å². The lowest BCUT2D eigenvalue weighted by atomic mass is 9.92. The molecule has 3 aromatic carbocycles. The molecule has 6 heteroatoms. The van der Waals surface area contributed by atoms with E-state index in [1.165, 1.54) is 11.0 Å². The van der Waals surface area contributed by atoms with E-state index in [1.807, 2.05) is 32.0 Å². The molecule has 1 heterocycles. The number of benzene rings is 3. The molecule has 0 spiro atoms. The number of ketones is 1. The SMILES string of the molecule is COc1cc(C)c(/C(O)=C2\C(=O)C(=O)N(c3ccccc3O)C2c2cccc(C)c2)cc1C. The molecule has 1 amide bonds. The third-order valence-corrected chi connectivity index (χ3v) is 5.94. The number of amides is 1. The number of methoxy groups -OCH3 is 1. The van der Waals surface area contributed by atoms with E-state index in [0.717, 1.165) is 11.1 Å². The van der Waals surface area contributed by atoms with Crippen molar-refractivity contribution in [3.63, 3.8) is 0 Å². The molecule has 0 bridgehead atoms. The number of hydrogen-bond donors (Lipinski definition) is 2. The van der Waals surface area contributed by atoms with Gasteiger partial charge < -0.3 is 14.9 Å². The minimum Gasteiger partial charge on any atom is -0.507 e. The van der Waals surface area contributed by atoms with Gasteiger partial charge in [-0.25, -0.2) is 0 Å². The largest absolute Gasteiger partial charge is 0.507 e. The topological polar surface area (TPSA) is 87.1 Å². The number of nitrogens with zero attached hydrogens (tertiary/aromatic N) is 1. The lowest BCUT2D eigenvalue weighted by Crippen LogP contribution is -2.29. The van der Waals surface area contributed by atoms with Crippen molar-refractivity contribution in [2.45, 2.75) is 26.8 Å². The van der Waals surface area contributed by atoms with Crippen molar-refractivity contribution in [3.05, 3.63) is 94.1 Å². The van der Waals surface area contributed by atoms with Crippen LogP contribution in [0.1, 0.15) is 33.9 Å². The van der Waals surface area contributed by atoms with Crippen molar-refractivity contribution >= 4 is 23.1 Å². The normalized spacial score (nSPS) is 17.5. The van der Waals surface area contributed by atoms with Crippen molar-refractivity contribution in [2.24, 2.45) is 0 Å². The molecule has 1 atom stereocenters. The highest BCUT2D eigenvalue weighted by molar-refractivity contribution is 6.52. The molecule has 1 aliphatic rings. The molecule has 0 aromatic heterocycles. The number of phenols is 1. The average Bonchev–Trinajstić information content (AvgIpc) is 3.05. The third-order valence-electron chi connectivity index (χ3n) is 5.94. The van der Waals surface area contributed by atoms with Crippen molar-refractivity contribution in [1.29, 1.82) is 0 Å². The summed E-state index contributed by atoms with van der Waals surface area (Å²) in [7, 11) is 1.57. The molecule has 0 aliphatic carbocycles. The maximum atomic E-state index is 13.3. The predicted octanol–water partition coefficient (Wildman–Crippen LogP) is 4.95. The first-order valence-electron chi connectivity index (χ1n) is 10.6. The fourth-order valence-electron chi connectivity index (χ4n) is 4.31. The van der Waals surface area contributed by atoms with Gasteiger partial charge in [-0.2, -0.15) is 0 Å². The number of aliphatic hydroxyl groups is 1. The van der Waals surface area contributed by atoms with E-state index in [2.05, 4.69) is 0 Å². The van der Waals surface area contributed by atoms with Gasteiger partial charge in [0.25, 0.3) is 11.7 Å². The van der Waals surface area contributed by atoms with Crippen LogP contribution in [-0.2, 0) is 9.59 Å². The first-order chi connectivity index (χ1) is 15.7. The number of phenolic OH excluding ortho intramolecular Hbond substituents is 1. The van der Waals surface area contributed by atoms with Crippen LogP contribution in [0.5, 0.6) is 11.5 Å². The van der Waals surface area contributed by atoms with E-state index >= 15 is 0 Å². The van der Waals surface area contributed by atoms with E-state index in [1.54, 1.807) is 50.4 Å². The van der Waals surface area contributed by atoms with Crippen LogP contribution in [0, 0.1) is 20.8 Å². The zero-order valence-electron chi connectivity index (χ0n) is 18.9. The molecular weight excluding hydrogens is 418 g/mol. The summed E-state index contributed by atoms with van der Waals surface area (Å²) in [5, 5.41) is 21.9. The fourth-order valence-corrected chi connectivity index (χ4v) is 4.31. The third kappa shape index (κ3) is 3.74. The van der Waals surface area contributed by atoms with E-state index in [-0.39, 0.29) is 22.8 Å². The zero-order valence-corrected chi connectivity index (χ0v) is 18.9. The molecule has 0 radical (unpaired) electrons. The number of Topliss-reactive ketones (excluding diaryl/α,β-unsaturated/α-hetero) is 1. The van der Waals surface area contributed by atoms with Gasteiger partial charge in [0, 0.05) is 5.56 Å². The van der Waals surface area contributed by atoms with Gasteiger partial charge >= 0.3 is 0 Å². The number of rotatable bonds is 4. The maximum Gasteiger partial charge on any atom is 0.300 e. The summed E-state index contributed by atoms with van der Waals surface area (Å²) in [6.45, 7) is 5.55. The Morgan fingerprint density at radius 2 is 1.67 bits per heavy atom. The van der Waals surface area contributed by atoms with Crippen molar-refractivity contribution in [1.82, 2.24) is 0 Å². The zero-order chi connectivity index (χ0) is 23.9. The number of ether oxygens (including phenoxy) is 1. The van der Waals surface area contributed by atoms with Crippen LogP contribution in [0.4, 0.5) is 5.69 Å². The number of anilines is 1. The van der Waals surface area contributed by atoms with Gasteiger partial charge in [-0.15, -0.1) is 0 Å². The van der Waals surface area contributed by atoms with Crippen molar-refractivity contribution in [3.8, 4) is 11.5 Å². The first kappa shape index (κ1) is 22.1. The molecule has 3 aromatic rings. The van der Waals surface area contributed by atoms with E-state index in [4.69, 9.17) is 4.74 Å². The molecule has 0 saturated carbocycles. The summed E-state index contributed by atoms with van der Waals surface area (Å²) in [4.78, 5) is 27.8. The molecule has 1 fully saturated rings. The van der Waals surface area contributed by atoms with Gasteiger partial charge in [0.15, 0.2) is 0 Å². The van der Waals surface area contributed by atoms with Crippen LogP contribution < -0.4 is 9.64 Å². The highest BCUT2D eigenvalue weighted by Gasteiger charge is 2.47. The number of aliphatic hydroxyl groups excluding tert-OH is 1. The molecule has 1 saturated heterocycles. The number of aryl methyl sites for hydroxylation is 3. The Bertz CT molecular complexity index is 1310. The Kier molecular flexibility index (Phi) is 5.68. The molecule has 4 rings (SSSR count). The summed E-state index contributed by atoms with van der Waals surface area (Å²) < 4.78 is 5.36. The Hall–Kier alpha value is -4.06. The van der Waals surface area contributed by atoms with Crippen LogP contribution in [-0.4, -0.2) is 29.0 Å². The lowest BCUT2D eigenvalue weighted by molar-refractivity contribution is -0.132. The van der Waals surface area contributed by atoms with Crippen molar-refractivity contribution < 1.29 is 24.5 Å². The Morgan fingerprint density at radius 1 is 0.939 bits per heavy atom. The first-order valence-corrected chi connectivity index (χ1v) is 10.6. The monoisotopic (exact) mass is 443 g/mol. The van der Waals surface area contributed by atoms with Gasteiger partial charge in [-0.05, 0) is 61.7 Å². The fraction of sp³-hybridized carbons (Fsp3) is 0.185. The van der Waals surface area contributed by atoms with Crippen LogP contribution in [0.2, 0.25) is 0 Å². The molecule has 1 unspecified atom stereocenters. The number of aromatic hydroxyl groups is 1. The molecule has 168 valence electrons. The Balaban J connectivity index is 2.00. The van der Waals surface area contributed by atoms with Crippen LogP contribution in [0.15, 0.2) is 66.2 Å². The van der Waals surface area contributed by atoms with E-state index in [0.29, 0.717) is 22.4 Å². The predicted molar refractivity (Wildman–Crippen MR) is 127 cm³/mol. The minimum atomic E-state index is -0.903. The lowest BCUT2D eigenvalue weighted by Gasteiger charge is -2.26. The smallest absolute Gasteiger partial charge is 0.300 e. The van der Waals surface area contributed by atoms with E-state index in [9.17, 15) is 19.8 Å². The van der Waals surface area contributed by atoms with Gasteiger partial charge in [0.2, 0.25) is 0 Å². The highest BCUT2D eigenvalue weighted by atomic mass is 16.5. The Morgan fingerprint density at radius 3 is 2.33 bits per heavy atom. The summed E-state index contributed by atoms with van der Waals surface area (Å²) in [6, 6.07) is 16.4. The number of carbonyl (C=O) groups is 2. The second-order valence-corrected chi connectivity index (χ2v) is 8.21. The number of para-hydroxylation sites is 2. The molecule has 33 heavy (non-hydrogen) atoms. The Labute approximate surface area is 192 Å². The minimum absolute atomic E-state index is 0.0264. The molecule has 1 aliphatic heterocycles. The second-order valence-electron chi connectivity index (χ2n) is 8.21. The summed E-state index contributed by atoms with van der Waals surface area (Å²) in [5.74, 6) is -1.36. The van der Waals surface area contributed by atoms with Gasteiger partial charge in [-0.3, -0.25) is 14.5 Å². The van der Waals surface area contributed by atoms with Gasteiger partial charge in [-0.1, -0.05) is 42.0 Å². The second kappa shape index (κ2) is 8.47. The number of hydrogen-bond acceptors (Lipinski definition) is 5. The summed E-state index contributed by atoms with van der Waals surface area (Å²) in [6.07, 6.45) is 0. The summed E-state index contributed by atoms with van der Waals surface area (Å²) >= 11 is 0. The highest BCUT2D eigenvalue weighted by Crippen LogP contribution is 2.45. The maximum absolute atomic E-state index is 13.3.